The SMILES string of the molecule is O=C(NCC1(O)CCCCCC1)c1c(Cl)cccc1[N+](=O)[O-]. The Morgan fingerprint density at radius 1 is 1.32 bits per heavy atom. The van der Waals surface area contributed by atoms with Crippen LogP contribution in [0.4, 0.5) is 5.69 Å². The van der Waals surface area contributed by atoms with Crippen LogP contribution < -0.4 is 5.32 Å². The molecule has 0 atom stereocenters. The maximum absolute atomic E-state index is 12.3. The maximum atomic E-state index is 12.3. The molecule has 0 aromatic heterocycles. The van der Waals surface area contributed by atoms with Gasteiger partial charge in [-0.05, 0) is 18.9 Å². The summed E-state index contributed by atoms with van der Waals surface area (Å²) in [7, 11) is 0. The minimum atomic E-state index is -0.942. The van der Waals surface area contributed by atoms with Gasteiger partial charge in [0.05, 0.1) is 15.5 Å². The van der Waals surface area contributed by atoms with E-state index in [9.17, 15) is 20.0 Å². The Labute approximate surface area is 133 Å². The first-order valence-corrected chi connectivity index (χ1v) is 7.74. The molecule has 1 saturated carbocycles. The van der Waals surface area contributed by atoms with Crippen molar-refractivity contribution in [3.05, 3.63) is 38.9 Å². The molecule has 0 aliphatic heterocycles. The number of carbonyl (C=O) groups excluding carboxylic acids is 1. The number of nitro groups is 1. The number of nitrogens with zero attached hydrogens (tertiary/aromatic N) is 1. The van der Waals surface area contributed by atoms with Gasteiger partial charge in [0.1, 0.15) is 5.56 Å². The average Bonchev–Trinajstić information content (AvgIpc) is 2.70. The topological polar surface area (TPSA) is 92.5 Å². The van der Waals surface area contributed by atoms with Crippen LogP contribution in [0.1, 0.15) is 48.9 Å². The molecule has 7 heteroatoms. The third-order valence-corrected chi connectivity index (χ3v) is 4.34. The van der Waals surface area contributed by atoms with Crippen LogP contribution >= 0.6 is 11.6 Å². The predicted octanol–water partition coefficient (Wildman–Crippen LogP) is 3.06. The van der Waals surface area contributed by atoms with E-state index in [1.807, 2.05) is 0 Å². The van der Waals surface area contributed by atoms with Crippen molar-refractivity contribution >= 4 is 23.2 Å². The molecule has 2 rings (SSSR count). The molecular weight excluding hydrogens is 308 g/mol. The van der Waals surface area contributed by atoms with E-state index in [1.165, 1.54) is 18.2 Å². The van der Waals surface area contributed by atoms with Gasteiger partial charge in [0, 0.05) is 12.6 Å². The van der Waals surface area contributed by atoms with Crippen molar-refractivity contribution in [2.45, 2.75) is 44.1 Å². The van der Waals surface area contributed by atoms with Crippen LogP contribution in [0.5, 0.6) is 0 Å². The Hall–Kier alpha value is -1.66. The van der Waals surface area contributed by atoms with Crippen LogP contribution in [-0.2, 0) is 0 Å². The Morgan fingerprint density at radius 3 is 2.55 bits per heavy atom. The summed E-state index contributed by atoms with van der Waals surface area (Å²) in [6, 6.07) is 4.10. The number of amides is 1. The molecule has 0 spiro atoms. The summed E-state index contributed by atoms with van der Waals surface area (Å²) < 4.78 is 0. The van der Waals surface area contributed by atoms with Crippen molar-refractivity contribution in [3.63, 3.8) is 0 Å². The molecule has 1 aliphatic rings. The normalized spacial score (nSPS) is 17.5. The fraction of sp³-hybridized carbons (Fsp3) is 0.533. The van der Waals surface area contributed by atoms with E-state index in [0.717, 1.165) is 25.7 Å². The van der Waals surface area contributed by atoms with E-state index < -0.39 is 16.4 Å². The van der Waals surface area contributed by atoms with E-state index in [-0.39, 0.29) is 22.8 Å². The fourth-order valence-corrected chi connectivity index (χ4v) is 3.04. The Balaban J connectivity index is 2.11. The van der Waals surface area contributed by atoms with Gasteiger partial charge in [-0.3, -0.25) is 14.9 Å². The molecule has 2 N–H and O–H groups in total. The van der Waals surface area contributed by atoms with Crippen LogP contribution in [0, 0.1) is 10.1 Å². The van der Waals surface area contributed by atoms with Crippen LogP contribution in [0.15, 0.2) is 18.2 Å². The standard InChI is InChI=1S/C15H19ClN2O4/c16-11-6-5-7-12(18(21)22)13(11)14(19)17-10-15(20)8-3-1-2-4-9-15/h5-7,20H,1-4,8-10H2,(H,17,19). The van der Waals surface area contributed by atoms with Gasteiger partial charge >= 0.3 is 0 Å². The van der Waals surface area contributed by atoms with E-state index in [1.54, 1.807) is 0 Å². The highest BCUT2D eigenvalue weighted by molar-refractivity contribution is 6.34. The Bertz CT molecular complexity index is 569. The summed E-state index contributed by atoms with van der Waals surface area (Å²) in [5.74, 6) is -0.630. The van der Waals surface area contributed by atoms with Gasteiger partial charge in [0.2, 0.25) is 0 Å². The van der Waals surface area contributed by atoms with Crippen molar-refractivity contribution in [1.82, 2.24) is 5.32 Å². The summed E-state index contributed by atoms with van der Waals surface area (Å²) in [4.78, 5) is 22.6. The molecular formula is C15H19ClN2O4. The predicted molar refractivity (Wildman–Crippen MR) is 83.1 cm³/mol. The van der Waals surface area contributed by atoms with Gasteiger partial charge < -0.3 is 10.4 Å². The fourth-order valence-electron chi connectivity index (χ4n) is 2.79. The van der Waals surface area contributed by atoms with E-state index in [0.29, 0.717) is 12.8 Å². The summed E-state index contributed by atoms with van der Waals surface area (Å²) in [6.07, 6.45) is 5.23. The second kappa shape index (κ2) is 7.07. The molecule has 22 heavy (non-hydrogen) atoms. The maximum Gasteiger partial charge on any atom is 0.283 e. The zero-order chi connectivity index (χ0) is 16.2. The molecule has 0 bridgehead atoms. The Morgan fingerprint density at radius 2 is 1.95 bits per heavy atom. The minimum Gasteiger partial charge on any atom is -0.388 e. The molecule has 120 valence electrons. The van der Waals surface area contributed by atoms with Gasteiger partial charge in [0.15, 0.2) is 0 Å². The van der Waals surface area contributed by atoms with Crippen LogP contribution in [0.25, 0.3) is 0 Å². The minimum absolute atomic E-state index is 0.0274. The monoisotopic (exact) mass is 326 g/mol. The largest absolute Gasteiger partial charge is 0.388 e. The van der Waals surface area contributed by atoms with E-state index in [4.69, 9.17) is 11.6 Å². The first kappa shape index (κ1) is 16.7. The first-order valence-electron chi connectivity index (χ1n) is 7.36. The lowest BCUT2D eigenvalue weighted by atomic mass is 9.94. The van der Waals surface area contributed by atoms with Crippen molar-refractivity contribution in [2.75, 3.05) is 6.54 Å². The van der Waals surface area contributed by atoms with Crippen molar-refractivity contribution in [3.8, 4) is 0 Å². The van der Waals surface area contributed by atoms with E-state index in [2.05, 4.69) is 5.32 Å². The zero-order valence-corrected chi connectivity index (χ0v) is 12.9. The zero-order valence-electron chi connectivity index (χ0n) is 12.2. The second-order valence-electron chi connectivity index (χ2n) is 5.71. The van der Waals surface area contributed by atoms with Gasteiger partial charge in [0.25, 0.3) is 11.6 Å². The molecule has 1 amide bonds. The Kier molecular flexibility index (Phi) is 5.37. The molecule has 0 saturated heterocycles. The van der Waals surface area contributed by atoms with Crippen molar-refractivity contribution in [1.29, 1.82) is 0 Å². The van der Waals surface area contributed by atoms with Gasteiger partial charge in [-0.15, -0.1) is 0 Å². The smallest absolute Gasteiger partial charge is 0.283 e. The number of nitro benzene ring substituents is 1. The highest BCUT2D eigenvalue weighted by Crippen LogP contribution is 2.28. The first-order chi connectivity index (χ1) is 10.4. The molecule has 1 aromatic carbocycles. The third-order valence-electron chi connectivity index (χ3n) is 4.03. The molecule has 1 aliphatic carbocycles. The number of rotatable bonds is 4. The number of halogens is 1. The number of benzene rings is 1. The molecule has 0 unspecified atom stereocenters. The summed E-state index contributed by atoms with van der Waals surface area (Å²) >= 11 is 5.92. The molecule has 0 heterocycles. The number of hydrogen-bond donors (Lipinski definition) is 2. The summed E-state index contributed by atoms with van der Waals surface area (Å²) in [5.41, 5.74) is -1.44. The molecule has 6 nitrogen and oxygen atoms in total. The van der Waals surface area contributed by atoms with Gasteiger partial charge in [-0.25, -0.2) is 0 Å². The summed E-state index contributed by atoms with van der Waals surface area (Å²) in [6.45, 7) is 0.0776. The lowest BCUT2D eigenvalue weighted by molar-refractivity contribution is -0.385. The molecule has 1 fully saturated rings. The lowest BCUT2D eigenvalue weighted by Gasteiger charge is -2.26. The highest BCUT2D eigenvalue weighted by Gasteiger charge is 2.30. The lowest BCUT2D eigenvalue weighted by Crippen LogP contribution is -2.42. The van der Waals surface area contributed by atoms with Crippen LogP contribution in [-0.4, -0.2) is 28.1 Å². The van der Waals surface area contributed by atoms with Crippen LogP contribution in [0.2, 0.25) is 5.02 Å². The quantitative estimate of drug-likeness (QED) is 0.505. The van der Waals surface area contributed by atoms with Crippen molar-refractivity contribution in [2.24, 2.45) is 0 Å². The second-order valence-corrected chi connectivity index (χ2v) is 6.12. The van der Waals surface area contributed by atoms with E-state index >= 15 is 0 Å². The third kappa shape index (κ3) is 3.96. The average molecular weight is 327 g/mol. The number of carbonyl (C=O) groups is 1. The van der Waals surface area contributed by atoms with Gasteiger partial charge in [-0.2, -0.15) is 0 Å². The van der Waals surface area contributed by atoms with Crippen molar-refractivity contribution < 1.29 is 14.8 Å². The van der Waals surface area contributed by atoms with Gasteiger partial charge in [-0.1, -0.05) is 43.4 Å². The summed E-state index contributed by atoms with van der Waals surface area (Å²) in [5, 5.41) is 24.1. The number of hydrogen-bond acceptors (Lipinski definition) is 4. The highest BCUT2D eigenvalue weighted by atomic mass is 35.5. The number of nitrogens with one attached hydrogen (secondary N) is 1. The number of aliphatic hydroxyl groups is 1. The van der Waals surface area contributed by atoms with Crippen LogP contribution in [0.3, 0.4) is 0 Å². The molecule has 1 aromatic rings. The molecule has 0 radical (unpaired) electrons.